The zero-order chi connectivity index (χ0) is 11.8. The first-order valence-electron chi connectivity index (χ1n) is 6.14. The molecular weight excluding hydrogens is 282 g/mol. The Hall–Kier alpha value is -0.740. The average Bonchev–Trinajstić information content (AvgIpc) is 2.55. The second kappa shape index (κ2) is 4.50. The van der Waals surface area contributed by atoms with E-state index in [-0.39, 0.29) is 6.04 Å². The first-order valence-corrected chi connectivity index (χ1v) is 6.93. The van der Waals surface area contributed by atoms with Gasteiger partial charge in [-0.3, -0.25) is 0 Å². The van der Waals surface area contributed by atoms with Crippen molar-refractivity contribution in [2.75, 3.05) is 13.2 Å². The largest absolute Gasteiger partial charge is 0.490 e. The predicted octanol–water partition coefficient (Wildman–Crippen LogP) is 2.95. The van der Waals surface area contributed by atoms with Crippen LogP contribution in [0.15, 0.2) is 10.5 Å². The smallest absolute Gasteiger partial charge is 0.166 e. The Balaban J connectivity index is 2.18. The van der Waals surface area contributed by atoms with Crippen molar-refractivity contribution in [2.24, 2.45) is 5.73 Å². The van der Waals surface area contributed by atoms with Gasteiger partial charge in [0.05, 0.1) is 13.2 Å². The molecule has 1 aromatic rings. The van der Waals surface area contributed by atoms with Gasteiger partial charge in [-0.2, -0.15) is 0 Å². The van der Waals surface area contributed by atoms with Crippen LogP contribution in [0.2, 0.25) is 0 Å². The lowest BCUT2D eigenvalue weighted by Gasteiger charge is -2.26. The molecule has 3 nitrogen and oxygen atoms in total. The van der Waals surface area contributed by atoms with Crippen LogP contribution in [0.5, 0.6) is 11.5 Å². The van der Waals surface area contributed by atoms with Gasteiger partial charge in [0, 0.05) is 22.5 Å². The summed E-state index contributed by atoms with van der Waals surface area (Å²) < 4.78 is 12.7. The van der Waals surface area contributed by atoms with Gasteiger partial charge in [-0.15, -0.1) is 0 Å². The van der Waals surface area contributed by atoms with Gasteiger partial charge in [0.25, 0.3) is 0 Å². The lowest BCUT2D eigenvalue weighted by molar-refractivity contribution is 0.295. The van der Waals surface area contributed by atoms with E-state index in [2.05, 4.69) is 15.9 Å². The highest BCUT2D eigenvalue weighted by molar-refractivity contribution is 9.10. The monoisotopic (exact) mass is 297 g/mol. The van der Waals surface area contributed by atoms with Gasteiger partial charge < -0.3 is 15.2 Å². The third kappa shape index (κ3) is 1.93. The van der Waals surface area contributed by atoms with Crippen molar-refractivity contribution in [1.82, 2.24) is 0 Å². The summed E-state index contributed by atoms with van der Waals surface area (Å²) in [6.45, 7) is 1.43. The van der Waals surface area contributed by atoms with E-state index in [1.54, 1.807) is 0 Å². The van der Waals surface area contributed by atoms with Crippen LogP contribution in [0.4, 0.5) is 0 Å². The molecule has 3 rings (SSSR count). The number of nitrogens with two attached hydrogens (primary N) is 1. The zero-order valence-electron chi connectivity index (χ0n) is 9.67. The average molecular weight is 298 g/mol. The zero-order valence-corrected chi connectivity index (χ0v) is 11.3. The maximum Gasteiger partial charge on any atom is 0.166 e. The van der Waals surface area contributed by atoms with Crippen molar-refractivity contribution in [3.8, 4) is 11.5 Å². The molecule has 1 aliphatic carbocycles. The number of ether oxygens (including phenoxy) is 2. The highest BCUT2D eigenvalue weighted by Crippen LogP contribution is 2.45. The minimum atomic E-state index is 0.0756. The molecule has 0 saturated heterocycles. The fourth-order valence-corrected chi connectivity index (χ4v) is 3.25. The molecule has 0 radical (unpaired) electrons. The van der Waals surface area contributed by atoms with E-state index in [1.807, 2.05) is 6.07 Å². The van der Waals surface area contributed by atoms with E-state index >= 15 is 0 Å². The third-order valence-electron chi connectivity index (χ3n) is 3.44. The second-order valence-corrected chi connectivity index (χ2v) is 5.48. The Morgan fingerprint density at radius 3 is 2.94 bits per heavy atom. The molecule has 1 aromatic carbocycles. The van der Waals surface area contributed by atoms with Crippen molar-refractivity contribution < 1.29 is 9.47 Å². The van der Waals surface area contributed by atoms with Crippen LogP contribution < -0.4 is 15.2 Å². The van der Waals surface area contributed by atoms with E-state index < -0.39 is 0 Å². The van der Waals surface area contributed by atoms with Crippen molar-refractivity contribution >= 4 is 15.9 Å². The van der Waals surface area contributed by atoms with E-state index in [0.29, 0.717) is 13.2 Å². The van der Waals surface area contributed by atoms with E-state index in [4.69, 9.17) is 15.2 Å². The number of hydrogen-bond acceptors (Lipinski definition) is 3. The molecule has 4 heteroatoms. The molecule has 1 atom stereocenters. The number of benzene rings is 1. The molecule has 0 unspecified atom stereocenters. The van der Waals surface area contributed by atoms with Crippen molar-refractivity contribution in [2.45, 2.75) is 31.7 Å². The van der Waals surface area contributed by atoms with Crippen LogP contribution in [0.3, 0.4) is 0 Å². The first-order chi connectivity index (χ1) is 8.27. The van der Waals surface area contributed by atoms with E-state index in [1.165, 1.54) is 5.56 Å². The fraction of sp³-hybridized carbons (Fsp3) is 0.538. The molecule has 0 spiro atoms. The summed E-state index contributed by atoms with van der Waals surface area (Å²) in [5, 5.41) is 0. The van der Waals surface area contributed by atoms with Crippen molar-refractivity contribution in [1.29, 1.82) is 0 Å². The van der Waals surface area contributed by atoms with Gasteiger partial charge in [-0.25, -0.2) is 0 Å². The molecule has 0 bridgehead atoms. The predicted molar refractivity (Wildman–Crippen MR) is 69.6 cm³/mol. The van der Waals surface area contributed by atoms with Crippen LogP contribution in [0.1, 0.15) is 36.4 Å². The molecule has 17 heavy (non-hydrogen) atoms. The molecule has 92 valence electrons. The van der Waals surface area contributed by atoms with Gasteiger partial charge in [0.15, 0.2) is 11.5 Å². The molecule has 1 aliphatic heterocycles. The summed E-state index contributed by atoms with van der Waals surface area (Å²) in [5.41, 5.74) is 8.69. The molecule has 2 aliphatic rings. The molecule has 2 N–H and O–H groups in total. The lowest BCUT2D eigenvalue weighted by Crippen LogP contribution is -2.19. The second-order valence-electron chi connectivity index (χ2n) is 4.63. The molecule has 0 fully saturated rings. The van der Waals surface area contributed by atoms with Gasteiger partial charge in [-0.05, 0) is 30.9 Å². The van der Waals surface area contributed by atoms with Crippen LogP contribution in [0.25, 0.3) is 0 Å². The number of hydrogen-bond donors (Lipinski definition) is 1. The normalized spacial score (nSPS) is 22.8. The molecular formula is C13H16BrNO2. The fourth-order valence-electron chi connectivity index (χ4n) is 2.63. The number of rotatable bonds is 0. The van der Waals surface area contributed by atoms with Gasteiger partial charge in [0.2, 0.25) is 0 Å². The van der Waals surface area contributed by atoms with Gasteiger partial charge >= 0.3 is 0 Å². The van der Waals surface area contributed by atoms with Crippen LogP contribution in [-0.2, 0) is 6.42 Å². The highest BCUT2D eigenvalue weighted by atomic mass is 79.9. The minimum Gasteiger partial charge on any atom is -0.490 e. The maximum atomic E-state index is 6.23. The van der Waals surface area contributed by atoms with Crippen molar-refractivity contribution in [3.05, 3.63) is 21.7 Å². The van der Waals surface area contributed by atoms with Crippen LogP contribution in [0, 0.1) is 0 Å². The molecule has 0 amide bonds. The Bertz CT molecular complexity index is 448. The van der Waals surface area contributed by atoms with Crippen LogP contribution >= 0.6 is 15.9 Å². The summed E-state index contributed by atoms with van der Waals surface area (Å²) in [4.78, 5) is 0. The standard InChI is InChI=1S/C13H16BrNO2/c14-9-7-11-13(17-6-2-5-16-11)12-8(9)3-1-4-10(12)15/h7,10H,1-6,15H2/t10-/m1/s1. The Kier molecular flexibility index (Phi) is 3.01. The highest BCUT2D eigenvalue weighted by Gasteiger charge is 2.27. The number of fused-ring (bicyclic) bond motifs is 3. The van der Waals surface area contributed by atoms with Gasteiger partial charge in [0.1, 0.15) is 0 Å². The van der Waals surface area contributed by atoms with Crippen LogP contribution in [-0.4, -0.2) is 13.2 Å². The SMILES string of the molecule is N[C@@H]1CCCc2c(Br)cc3c(c21)OCCCO3. The maximum absolute atomic E-state index is 6.23. The van der Waals surface area contributed by atoms with E-state index in [0.717, 1.165) is 47.2 Å². The summed E-state index contributed by atoms with van der Waals surface area (Å²) in [6.07, 6.45) is 4.17. The first kappa shape index (κ1) is 11.4. The Morgan fingerprint density at radius 1 is 1.24 bits per heavy atom. The lowest BCUT2D eigenvalue weighted by atomic mass is 9.87. The van der Waals surface area contributed by atoms with Crippen molar-refractivity contribution in [3.63, 3.8) is 0 Å². The third-order valence-corrected chi connectivity index (χ3v) is 4.15. The summed E-state index contributed by atoms with van der Waals surface area (Å²) in [6, 6.07) is 2.10. The summed E-state index contributed by atoms with van der Waals surface area (Å²) in [7, 11) is 0. The molecule has 0 aromatic heterocycles. The summed E-state index contributed by atoms with van der Waals surface area (Å²) in [5.74, 6) is 1.72. The molecule has 0 saturated carbocycles. The Labute approximate surface area is 109 Å². The summed E-state index contributed by atoms with van der Waals surface area (Å²) >= 11 is 3.62. The minimum absolute atomic E-state index is 0.0756. The van der Waals surface area contributed by atoms with Gasteiger partial charge in [-0.1, -0.05) is 15.9 Å². The molecule has 1 heterocycles. The number of halogens is 1. The quantitative estimate of drug-likeness (QED) is 0.801. The Morgan fingerprint density at radius 2 is 2.06 bits per heavy atom. The topological polar surface area (TPSA) is 44.5 Å². The van der Waals surface area contributed by atoms with E-state index in [9.17, 15) is 0 Å².